The second-order valence-electron chi connectivity index (χ2n) is 6.89. The summed E-state index contributed by atoms with van der Waals surface area (Å²) in [5, 5.41) is 22.4. The van der Waals surface area contributed by atoms with Crippen LogP contribution in [0.15, 0.2) is 82.6 Å². The molecule has 162 valence electrons. The summed E-state index contributed by atoms with van der Waals surface area (Å²) in [5.41, 5.74) is 1.17. The first kappa shape index (κ1) is 21.3. The molecule has 1 atom stereocenters. The van der Waals surface area contributed by atoms with Crippen LogP contribution in [0.2, 0.25) is 0 Å². The highest BCUT2D eigenvalue weighted by molar-refractivity contribution is 8.00. The van der Waals surface area contributed by atoms with E-state index in [1.165, 1.54) is 30.0 Å². The van der Waals surface area contributed by atoms with E-state index < -0.39 is 10.2 Å². The number of carbonyl (C=O) groups is 1. The van der Waals surface area contributed by atoms with Gasteiger partial charge in [-0.25, -0.2) is 0 Å². The van der Waals surface area contributed by atoms with E-state index in [1.54, 1.807) is 19.3 Å². The second kappa shape index (κ2) is 9.48. The summed E-state index contributed by atoms with van der Waals surface area (Å²) in [7, 11) is 0. The van der Waals surface area contributed by atoms with Crippen molar-refractivity contribution in [1.82, 2.24) is 14.8 Å². The molecule has 9 nitrogen and oxygen atoms in total. The van der Waals surface area contributed by atoms with Gasteiger partial charge in [-0.15, -0.1) is 10.2 Å². The number of aromatic nitrogens is 3. The Hall–Kier alpha value is -3.92. The quantitative estimate of drug-likeness (QED) is 0.237. The zero-order chi connectivity index (χ0) is 22.5. The summed E-state index contributed by atoms with van der Waals surface area (Å²) in [6.45, 7) is 2.15. The lowest BCUT2D eigenvalue weighted by molar-refractivity contribution is -0.384. The third-order valence-corrected chi connectivity index (χ3v) is 5.70. The number of amides is 1. The SMILES string of the molecule is C[C@H](Sc1nnc(-c2ccccc2)n1Cc1ccco1)C(=O)Nc1cccc([N+](=O)[O-])c1. The highest BCUT2D eigenvalue weighted by Crippen LogP contribution is 2.28. The van der Waals surface area contributed by atoms with Gasteiger partial charge < -0.3 is 9.73 Å². The smallest absolute Gasteiger partial charge is 0.271 e. The maximum Gasteiger partial charge on any atom is 0.271 e. The van der Waals surface area contributed by atoms with Crippen LogP contribution in [0, 0.1) is 10.1 Å². The van der Waals surface area contributed by atoms with E-state index in [0.29, 0.717) is 23.2 Å². The van der Waals surface area contributed by atoms with Crippen molar-refractivity contribution in [1.29, 1.82) is 0 Å². The maximum atomic E-state index is 12.7. The summed E-state index contributed by atoms with van der Waals surface area (Å²) < 4.78 is 7.39. The standard InChI is InChI=1S/C22H19N5O4S/c1-15(21(28)23-17-9-5-10-18(13-17)27(29)30)32-22-25-24-20(16-7-3-2-4-8-16)26(22)14-19-11-6-12-31-19/h2-13,15H,14H2,1H3,(H,23,28)/t15-/m0/s1. The Morgan fingerprint density at radius 1 is 1.16 bits per heavy atom. The number of nitrogens with zero attached hydrogens (tertiary/aromatic N) is 4. The Morgan fingerprint density at radius 3 is 2.69 bits per heavy atom. The van der Waals surface area contributed by atoms with E-state index in [4.69, 9.17) is 4.42 Å². The number of benzene rings is 2. The van der Waals surface area contributed by atoms with Crippen LogP contribution in [-0.2, 0) is 11.3 Å². The van der Waals surface area contributed by atoms with Gasteiger partial charge in [0, 0.05) is 23.4 Å². The fourth-order valence-corrected chi connectivity index (χ4v) is 3.88. The van der Waals surface area contributed by atoms with Crippen molar-refractivity contribution >= 4 is 29.0 Å². The molecule has 0 fully saturated rings. The number of carbonyl (C=O) groups excluding carboxylic acids is 1. The molecule has 0 bridgehead atoms. The lowest BCUT2D eigenvalue weighted by Gasteiger charge is -2.13. The van der Waals surface area contributed by atoms with Crippen LogP contribution >= 0.6 is 11.8 Å². The van der Waals surface area contributed by atoms with E-state index in [2.05, 4.69) is 15.5 Å². The normalized spacial score (nSPS) is 11.8. The maximum absolute atomic E-state index is 12.7. The topological polar surface area (TPSA) is 116 Å². The molecule has 0 unspecified atom stereocenters. The first-order chi connectivity index (χ1) is 15.5. The zero-order valence-corrected chi connectivity index (χ0v) is 17.9. The molecule has 0 radical (unpaired) electrons. The average Bonchev–Trinajstić information content (AvgIpc) is 3.45. The van der Waals surface area contributed by atoms with Crippen LogP contribution < -0.4 is 5.32 Å². The number of nitro benzene ring substituents is 1. The van der Waals surface area contributed by atoms with Crippen LogP contribution in [0.1, 0.15) is 12.7 Å². The van der Waals surface area contributed by atoms with Crippen molar-refractivity contribution in [3.63, 3.8) is 0 Å². The summed E-state index contributed by atoms with van der Waals surface area (Å²) in [6, 6.07) is 19.1. The largest absolute Gasteiger partial charge is 0.467 e. The predicted molar refractivity (Wildman–Crippen MR) is 120 cm³/mol. The Balaban J connectivity index is 1.55. The molecule has 4 rings (SSSR count). The molecule has 10 heteroatoms. The molecule has 0 aliphatic carbocycles. The van der Waals surface area contributed by atoms with Gasteiger partial charge in [0.15, 0.2) is 11.0 Å². The molecule has 1 N–H and O–H groups in total. The molecular formula is C22H19N5O4S. The molecule has 2 aromatic heterocycles. The van der Waals surface area contributed by atoms with Crippen molar-refractivity contribution in [2.45, 2.75) is 23.9 Å². The molecule has 2 aromatic carbocycles. The number of hydrogen-bond acceptors (Lipinski definition) is 7. The van der Waals surface area contributed by atoms with Gasteiger partial charge in [0.2, 0.25) is 5.91 Å². The van der Waals surface area contributed by atoms with E-state index in [0.717, 1.165) is 11.3 Å². The number of non-ortho nitro benzene ring substituents is 1. The zero-order valence-electron chi connectivity index (χ0n) is 17.0. The van der Waals surface area contributed by atoms with Crippen LogP contribution in [-0.4, -0.2) is 30.8 Å². The van der Waals surface area contributed by atoms with Gasteiger partial charge in [0.1, 0.15) is 5.76 Å². The van der Waals surface area contributed by atoms with Gasteiger partial charge in [-0.05, 0) is 25.1 Å². The van der Waals surface area contributed by atoms with E-state index in [-0.39, 0.29) is 11.6 Å². The van der Waals surface area contributed by atoms with Crippen molar-refractivity contribution in [2.75, 3.05) is 5.32 Å². The summed E-state index contributed by atoms with van der Waals surface area (Å²) >= 11 is 1.25. The van der Waals surface area contributed by atoms with Crippen molar-refractivity contribution in [2.24, 2.45) is 0 Å². The van der Waals surface area contributed by atoms with E-state index in [9.17, 15) is 14.9 Å². The minimum absolute atomic E-state index is 0.0891. The minimum atomic E-state index is -0.530. The minimum Gasteiger partial charge on any atom is -0.467 e. The molecule has 0 saturated carbocycles. The molecule has 32 heavy (non-hydrogen) atoms. The Labute approximate surface area is 187 Å². The van der Waals surface area contributed by atoms with Gasteiger partial charge in [-0.2, -0.15) is 0 Å². The molecule has 4 aromatic rings. The van der Waals surface area contributed by atoms with E-state index in [1.807, 2.05) is 47.0 Å². The van der Waals surface area contributed by atoms with Crippen molar-refractivity contribution in [3.8, 4) is 11.4 Å². The number of rotatable bonds is 8. The Bertz CT molecular complexity index is 1220. The highest BCUT2D eigenvalue weighted by atomic mass is 32.2. The summed E-state index contributed by atoms with van der Waals surface area (Å²) in [5.74, 6) is 1.10. The number of nitro groups is 1. The molecule has 0 saturated heterocycles. The van der Waals surface area contributed by atoms with Crippen molar-refractivity contribution < 1.29 is 14.1 Å². The average molecular weight is 449 g/mol. The highest BCUT2D eigenvalue weighted by Gasteiger charge is 2.22. The van der Waals surface area contributed by atoms with Gasteiger partial charge >= 0.3 is 0 Å². The van der Waals surface area contributed by atoms with Crippen molar-refractivity contribution in [3.05, 3.63) is 88.9 Å². The monoisotopic (exact) mass is 449 g/mol. The molecular weight excluding hydrogens is 430 g/mol. The van der Waals surface area contributed by atoms with Gasteiger partial charge in [0.05, 0.1) is 23.0 Å². The molecule has 0 aliphatic heterocycles. The number of nitrogens with one attached hydrogen (secondary N) is 1. The molecule has 0 spiro atoms. The molecule has 2 heterocycles. The van der Waals surface area contributed by atoms with Crippen LogP contribution in [0.5, 0.6) is 0 Å². The number of thioether (sulfide) groups is 1. The summed E-state index contributed by atoms with van der Waals surface area (Å²) in [6.07, 6.45) is 1.60. The lowest BCUT2D eigenvalue weighted by atomic mass is 10.2. The van der Waals surface area contributed by atoms with Gasteiger partial charge in [0.25, 0.3) is 5.69 Å². The Morgan fingerprint density at radius 2 is 1.97 bits per heavy atom. The van der Waals surface area contributed by atoms with Crippen LogP contribution in [0.4, 0.5) is 11.4 Å². The number of furan rings is 1. The Kier molecular flexibility index (Phi) is 6.31. The fraction of sp³-hybridized carbons (Fsp3) is 0.136. The predicted octanol–water partition coefficient (Wildman–Crippen LogP) is 4.61. The second-order valence-corrected chi connectivity index (χ2v) is 8.20. The molecule has 1 amide bonds. The number of anilines is 1. The van der Waals surface area contributed by atoms with Crippen LogP contribution in [0.3, 0.4) is 0 Å². The third kappa shape index (κ3) is 4.86. The fourth-order valence-electron chi connectivity index (χ4n) is 3.03. The van der Waals surface area contributed by atoms with E-state index >= 15 is 0 Å². The first-order valence-corrected chi connectivity index (χ1v) is 10.6. The lowest BCUT2D eigenvalue weighted by Crippen LogP contribution is -2.23. The van der Waals surface area contributed by atoms with Gasteiger partial charge in [-0.3, -0.25) is 19.5 Å². The number of hydrogen-bond donors (Lipinski definition) is 1. The van der Waals surface area contributed by atoms with Gasteiger partial charge in [-0.1, -0.05) is 48.2 Å². The summed E-state index contributed by atoms with van der Waals surface area (Å²) in [4.78, 5) is 23.2. The first-order valence-electron chi connectivity index (χ1n) is 9.74. The molecule has 0 aliphatic rings. The van der Waals surface area contributed by atoms with Crippen LogP contribution in [0.25, 0.3) is 11.4 Å². The third-order valence-electron chi connectivity index (χ3n) is 4.62.